The first-order valence-electron chi connectivity index (χ1n) is 10.5. The van der Waals surface area contributed by atoms with Crippen LogP contribution < -0.4 is 20.3 Å². The van der Waals surface area contributed by atoms with Gasteiger partial charge in [-0.1, -0.05) is 11.2 Å². The molecule has 2 N–H and O–H groups in total. The van der Waals surface area contributed by atoms with Crippen LogP contribution in [-0.4, -0.2) is 50.4 Å². The SMILES string of the molecule is CCNC(=NCCc1c(C)noc1C)NC1CCCN(c2cccc(OC)c2)C1.I. The molecule has 1 atom stereocenters. The van der Waals surface area contributed by atoms with E-state index in [-0.39, 0.29) is 24.0 Å². The number of anilines is 1. The van der Waals surface area contributed by atoms with Gasteiger partial charge in [0.15, 0.2) is 5.96 Å². The van der Waals surface area contributed by atoms with Crippen molar-refractivity contribution in [3.63, 3.8) is 0 Å². The molecule has 1 aliphatic heterocycles. The number of hydrogen-bond acceptors (Lipinski definition) is 5. The van der Waals surface area contributed by atoms with E-state index in [1.54, 1.807) is 7.11 Å². The molecule has 7 nitrogen and oxygen atoms in total. The molecule has 2 heterocycles. The van der Waals surface area contributed by atoms with Crippen molar-refractivity contribution in [1.29, 1.82) is 0 Å². The first-order valence-corrected chi connectivity index (χ1v) is 10.5. The Bertz CT molecular complexity index is 804. The highest BCUT2D eigenvalue weighted by Gasteiger charge is 2.21. The third kappa shape index (κ3) is 6.52. The molecule has 8 heteroatoms. The monoisotopic (exact) mass is 527 g/mol. The molecule has 1 aliphatic rings. The van der Waals surface area contributed by atoms with Gasteiger partial charge in [-0.05, 0) is 52.2 Å². The van der Waals surface area contributed by atoms with Crippen LogP contribution in [-0.2, 0) is 6.42 Å². The van der Waals surface area contributed by atoms with Crippen molar-refractivity contribution in [3.05, 3.63) is 41.3 Å². The summed E-state index contributed by atoms with van der Waals surface area (Å²) in [4.78, 5) is 7.19. The predicted molar refractivity (Wildman–Crippen MR) is 132 cm³/mol. The number of nitrogens with one attached hydrogen (secondary N) is 2. The van der Waals surface area contributed by atoms with E-state index in [1.807, 2.05) is 26.0 Å². The summed E-state index contributed by atoms with van der Waals surface area (Å²) < 4.78 is 10.6. The molecule has 1 saturated heterocycles. The lowest BCUT2D eigenvalue weighted by Crippen LogP contribution is -2.51. The third-order valence-corrected chi connectivity index (χ3v) is 5.34. The molecule has 1 aromatic heterocycles. The van der Waals surface area contributed by atoms with Crippen LogP contribution in [0.4, 0.5) is 5.69 Å². The Labute approximate surface area is 196 Å². The van der Waals surface area contributed by atoms with Gasteiger partial charge in [0.2, 0.25) is 0 Å². The lowest BCUT2D eigenvalue weighted by atomic mass is 10.0. The molecular formula is C22H34IN5O2. The first kappa shape index (κ1) is 24.3. The highest BCUT2D eigenvalue weighted by atomic mass is 127. The number of guanidine groups is 1. The van der Waals surface area contributed by atoms with Crippen molar-refractivity contribution >= 4 is 35.6 Å². The number of ether oxygens (including phenoxy) is 1. The molecule has 30 heavy (non-hydrogen) atoms. The standard InChI is InChI=1S/C22H33N5O2.HI/c1-5-23-22(24-12-11-21-16(2)26-29-17(21)3)25-18-8-7-13-27(15-18)19-9-6-10-20(14-19)28-4;/h6,9-10,14,18H,5,7-8,11-13,15H2,1-4H3,(H2,23,24,25);1H. The van der Waals surface area contributed by atoms with Crippen LogP contribution in [0, 0.1) is 13.8 Å². The van der Waals surface area contributed by atoms with E-state index in [0.717, 1.165) is 67.6 Å². The molecule has 166 valence electrons. The molecule has 0 saturated carbocycles. The molecule has 1 unspecified atom stereocenters. The zero-order valence-electron chi connectivity index (χ0n) is 18.4. The molecule has 1 fully saturated rings. The topological polar surface area (TPSA) is 74.9 Å². The molecule has 0 radical (unpaired) electrons. The second kappa shape index (κ2) is 12.0. The number of piperidine rings is 1. The summed E-state index contributed by atoms with van der Waals surface area (Å²) in [6.45, 7) is 9.57. The molecule has 0 spiro atoms. The Hall–Kier alpha value is -1.97. The van der Waals surface area contributed by atoms with Gasteiger partial charge in [0.25, 0.3) is 0 Å². The minimum atomic E-state index is 0. The second-order valence-electron chi connectivity index (χ2n) is 7.44. The van der Waals surface area contributed by atoms with Gasteiger partial charge in [-0.3, -0.25) is 4.99 Å². The minimum absolute atomic E-state index is 0. The largest absolute Gasteiger partial charge is 0.497 e. The zero-order valence-corrected chi connectivity index (χ0v) is 20.7. The summed E-state index contributed by atoms with van der Waals surface area (Å²) >= 11 is 0. The van der Waals surface area contributed by atoms with Gasteiger partial charge in [-0.25, -0.2) is 0 Å². The van der Waals surface area contributed by atoms with Crippen LogP contribution in [0.25, 0.3) is 0 Å². The van der Waals surface area contributed by atoms with Gasteiger partial charge >= 0.3 is 0 Å². The van der Waals surface area contributed by atoms with E-state index >= 15 is 0 Å². The Kier molecular flexibility index (Phi) is 9.74. The van der Waals surface area contributed by atoms with Crippen LogP contribution in [0.3, 0.4) is 0 Å². The molecule has 1 aromatic carbocycles. The van der Waals surface area contributed by atoms with Crippen molar-refractivity contribution in [2.24, 2.45) is 4.99 Å². The number of aromatic nitrogens is 1. The summed E-state index contributed by atoms with van der Waals surface area (Å²) in [6.07, 6.45) is 3.11. The average molecular weight is 527 g/mol. The highest BCUT2D eigenvalue weighted by molar-refractivity contribution is 14.0. The number of halogens is 1. The van der Waals surface area contributed by atoms with Gasteiger partial charge in [0.1, 0.15) is 11.5 Å². The van der Waals surface area contributed by atoms with Gasteiger partial charge in [0, 0.05) is 49.5 Å². The van der Waals surface area contributed by atoms with E-state index in [0.29, 0.717) is 12.6 Å². The van der Waals surface area contributed by atoms with Crippen molar-refractivity contribution in [3.8, 4) is 5.75 Å². The van der Waals surface area contributed by atoms with Crippen molar-refractivity contribution < 1.29 is 9.26 Å². The Morgan fingerprint density at radius 2 is 2.20 bits per heavy atom. The number of aryl methyl sites for hydroxylation is 2. The first-order chi connectivity index (χ1) is 14.1. The highest BCUT2D eigenvalue weighted by Crippen LogP contribution is 2.24. The fourth-order valence-corrected chi connectivity index (χ4v) is 3.79. The maximum atomic E-state index is 5.38. The number of nitrogens with zero attached hydrogens (tertiary/aromatic N) is 3. The van der Waals surface area contributed by atoms with E-state index < -0.39 is 0 Å². The fraction of sp³-hybridized carbons (Fsp3) is 0.545. The predicted octanol–water partition coefficient (Wildman–Crippen LogP) is 3.68. The fourth-order valence-electron chi connectivity index (χ4n) is 3.79. The Balaban J connectivity index is 0.00000320. The third-order valence-electron chi connectivity index (χ3n) is 5.34. The number of aliphatic imine (C=N–C) groups is 1. The molecule has 2 aromatic rings. The summed E-state index contributed by atoms with van der Waals surface area (Å²) in [6, 6.07) is 8.63. The summed E-state index contributed by atoms with van der Waals surface area (Å²) in [5.41, 5.74) is 3.32. The van der Waals surface area contributed by atoms with Gasteiger partial charge in [-0.2, -0.15) is 0 Å². The van der Waals surface area contributed by atoms with E-state index in [4.69, 9.17) is 14.3 Å². The Morgan fingerprint density at radius 3 is 2.90 bits per heavy atom. The van der Waals surface area contributed by atoms with Crippen LogP contribution >= 0.6 is 24.0 Å². The second-order valence-corrected chi connectivity index (χ2v) is 7.44. The molecule has 0 amide bonds. The summed E-state index contributed by atoms with van der Waals surface area (Å²) in [7, 11) is 1.71. The van der Waals surface area contributed by atoms with E-state index in [2.05, 4.69) is 39.7 Å². The van der Waals surface area contributed by atoms with E-state index in [1.165, 1.54) is 5.69 Å². The van der Waals surface area contributed by atoms with Crippen molar-refractivity contribution in [1.82, 2.24) is 15.8 Å². The lowest BCUT2D eigenvalue weighted by molar-refractivity contribution is 0.392. The molecule has 0 aliphatic carbocycles. The van der Waals surface area contributed by atoms with Crippen LogP contribution in [0.5, 0.6) is 5.75 Å². The van der Waals surface area contributed by atoms with Gasteiger partial charge in [-0.15, -0.1) is 24.0 Å². The summed E-state index contributed by atoms with van der Waals surface area (Å²) in [5, 5.41) is 11.0. The normalized spacial score (nSPS) is 16.7. The van der Waals surface area contributed by atoms with Gasteiger partial charge < -0.3 is 24.8 Å². The number of methoxy groups -OCH3 is 1. The van der Waals surface area contributed by atoms with Crippen LogP contribution in [0.1, 0.15) is 36.8 Å². The minimum Gasteiger partial charge on any atom is -0.497 e. The van der Waals surface area contributed by atoms with Crippen LogP contribution in [0.2, 0.25) is 0 Å². The lowest BCUT2D eigenvalue weighted by Gasteiger charge is -2.35. The smallest absolute Gasteiger partial charge is 0.191 e. The number of hydrogen-bond donors (Lipinski definition) is 2. The van der Waals surface area contributed by atoms with Crippen molar-refractivity contribution in [2.75, 3.05) is 38.2 Å². The number of rotatable bonds is 7. The van der Waals surface area contributed by atoms with Gasteiger partial charge in [0.05, 0.1) is 12.8 Å². The van der Waals surface area contributed by atoms with Crippen molar-refractivity contribution in [2.45, 2.75) is 46.1 Å². The van der Waals surface area contributed by atoms with E-state index in [9.17, 15) is 0 Å². The quantitative estimate of drug-likeness (QED) is 0.325. The summed E-state index contributed by atoms with van der Waals surface area (Å²) in [5.74, 6) is 2.65. The molecular weight excluding hydrogens is 493 g/mol. The van der Waals surface area contributed by atoms with Crippen LogP contribution in [0.15, 0.2) is 33.8 Å². The average Bonchev–Trinajstić information content (AvgIpc) is 3.06. The molecule has 0 bridgehead atoms. The molecule has 3 rings (SSSR count). The number of benzene rings is 1. The maximum Gasteiger partial charge on any atom is 0.191 e. The Morgan fingerprint density at radius 1 is 1.37 bits per heavy atom. The maximum absolute atomic E-state index is 5.38. The zero-order chi connectivity index (χ0) is 20.6.